The Balaban J connectivity index is 1.43. The van der Waals surface area contributed by atoms with Gasteiger partial charge in [0.15, 0.2) is 11.9 Å². The number of rotatable bonds is 16. The molecule has 6 nitrogen and oxygen atoms in total. The number of alkyl halides is 1. The minimum atomic E-state index is -0.873. The molecule has 5 rings (SSSR count). The molecule has 0 N–H and O–H groups in total. The van der Waals surface area contributed by atoms with Crippen LogP contribution in [0, 0.1) is 0 Å². The van der Waals surface area contributed by atoms with Crippen LogP contribution in [-0.4, -0.2) is 42.9 Å². The number of benzene rings is 4. The smallest absolute Gasteiger partial charge is 0.189 e. The van der Waals surface area contributed by atoms with E-state index in [4.69, 9.17) is 40.0 Å². The number of halogens is 1. The Morgan fingerprint density at radius 1 is 0.591 bits per heavy atom. The van der Waals surface area contributed by atoms with Gasteiger partial charge in [0, 0.05) is 0 Å². The van der Waals surface area contributed by atoms with Crippen LogP contribution in [0.25, 0.3) is 0 Å². The fourth-order valence-corrected chi connectivity index (χ4v) is 5.14. The van der Waals surface area contributed by atoms with Crippen LogP contribution >= 0.6 is 11.6 Å². The van der Waals surface area contributed by atoms with Crippen LogP contribution in [0.3, 0.4) is 0 Å². The van der Waals surface area contributed by atoms with Crippen molar-refractivity contribution >= 4 is 11.6 Å². The Morgan fingerprint density at radius 3 is 1.45 bits per heavy atom. The quantitative estimate of drug-likeness (QED) is 0.0965. The molecule has 0 bridgehead atoms. The number of hydrogen-bond acceptors (Lipinski definition) is 6. The van der Waals surface area contributed by atoms with Crippen molar-refractivity contribution in [2.75, 3.05) is 6.61 Å². The Hall–Kier alpha value is -3.33. The fourth-order valence-electron chi connectivity index (χ4n) is 5.04. The average Bonchev–Trinajstić information content (AvgIpc) is 3.08. The summed E-state index contributed by atoms with van der Waals surface area (Å²) in [5.74, 6) is 0. The molecule has 0 spiro atoms. The minimum absolute atomic E-state index is 0.242. The molecule has 0 saturated carbocycles. The Bertz CT molecular complexity index is 1360. The third kappa shape index (κ3) is 9.58. The van der Waals surface area contributed by atoms with Gasteiger partial charge < -0.3 is 28.4 Å². The van der Waals surface area contributed by atoms with E-state index in [0.29, 0.717) is 26.4 Å². The van der Waals surface area contributed by atoms with Gasteiger partial charge in [-0.25, -0.2) is 0 Å². The molecule has 6 atom stereocenters. The molecule has 4 aromatic carbocycles. The maximum absolute atomic E-state index is 6.68. The fraction of sp³-hybridized carbons (Fsp3) is 0.297. The van der Waals surface area contributed by atoms with Crippen molar-refractivity contribution in [2.45, 2.75) is 62.7 Å². The summed E-state index contributed by atoms with van der Waals surface area (Å²) in [5.41, 5.74) is 3.33. The maximum atomic E-state index is 6.68. The van der Waals surface area contributed by atoms with Crippen LogP contribution in [0.1, 0.15) is 22.3 Å². The van der Waals surface area contributed by atoms with Crippen LogP contribution in [0.15, 0.2) is 134 Å². The Morgan fingerprint density at radius 2 is 1.00 bits per heavy atom. The van der Waals surface area contributed by atoms with Crippen molar-refractivity contribution in [3.8, 4) is 0 Å². The van der Waals surface area contributed by atoms with Crippen LogP contribution in [0.2, 0.25) is 0 Å². The molecule has 1 heterocycles. The first-order valence-electron chi connectivity index (χ1n) is 14.9. The van der Waals surface area contributed by atoms with Crippen LogP contribution in [0.4, 0.5) is 0 Å². The third-order valence-electron chi connectivity index (χ3n) is 7.29. The summed E-state index contributed by atoms with van der Waals surface area (Å²) in [6, 6.07) is 40.0. The van der Waals surface area contributed by atoms with E-state index in [9.17, 15) is 0 Å². The highest BCUT2D eigenvalue weighted by Gasteiger charge is 2.49. The van der Waals surface area contributed by atoms with Gasteiger partial charge in [0.2, 0.25) is 0 Å². The number of ether oxygens (including phenoxy) is 6. The molecule has 1 saturated heterocycles. The SMILES string of the molecule is C=CC(Cl)O[C@H]1O[C@H](COCc2ccccc2)[C@@H](OCc2ccccc2)[C@H](OCc2ccccc2)[C@H]1OCc1ccccc1. The lowest BCUT2D eigenvalue weighted by Crippen LogP contribution is -2.62. The van der Waals surface area contributed by atoms with E-state index in [0.717, 1.165) is 22.3 Å². The lowest BCUT2D eigenvalue weighted by Gasteiger charge is -2.46. The highest BCUT2D eigenvalue weighted by Crippen LogP contribution is 2.32. The lowest BCUT2D eigenvalue weighted by atomic mass is 9.97. The summed E-state index contributed by atoms with van der Waals surface area (Å²) in [6.45, 7) is 5.47. The normalized spacial score (nSPS) is 22.3. The largest absolute Gasteiger partial charge is 0.374 e. The zero-order chi connectivity index (χ0) is 30.4. The van der Waals surface area contributed by atoms with Gasteiger partial charge in [-0.2, -0.15) is 0 Å². The first-order valence-corrected chi connectivity index (χ1v) is 15.3. The molecule has 0 radical (unpaired) electrons. The molecule has 7 heteroatoms. The molecular weight excluding hydrogens is 576 g/mol. The predicted molar refractivity (Wildman–Crippen MR) is 171 cm³/mol. The summed E-state index contributed by atoms with van der Waals surface area (Å²) in [7, 11) is 0. The van der Waals surface area contributed by atoms with Gasteiger partial charge in [-0.3, -0.25) is 0 Å². The highest BCUT2D eigenvalue weighted by molar-refractivity contribution is 6.20. The summed E-state index contributed by atoms with van der Waals surface area (Å²) in [5, 5.41) is 0. The molecule has 0 aliphatic carbocycles. The average molecular weight is 615 g/mol. The van der Waals surface area contributed by atoms with Gasteiger partial charge in [0.05, 0.1) is 33.0 Å². The molecule has 1 aliphatic heterocycles. The topological polar surface area (TPSA) is 55.4 Å². The molecule has 1 aliphatic rings. The van der Waals surface area contributed by atoms with Gasteiger partial charge in [0.1, 0.15) is 24.4 Å². The van der Waals surface area contributed by atoms with Crippen LogP contribution in [-0.2, 0) is 54.8 Å². The van der Waals surface area contributed by atoms with Crippen molar-refractivity contribution in [2.24, 2.45) is 0 Å². The molecule has 230 valence electrons. The Labute approximate surface area is 265 Å². The van der Waals surface area contributed by atoms with E-state index < -0.39 is 36.3 Å². The summed E-state index contributed by atoms with van der Waals surface area (Å²) in [6.07, 6.45) is -1.71. The van der Waals surface area contributed by atoms with E-state index in [1.54, 1.807) is 0 Å². The van der Waals surface area contributed by atoms with Gasteiger partial charge >= 0.3 is 0 Å². The van der Waals surface area contributed by atoms with Crippen molar-refractivity contribution in [1.82, 2.24) is 0 Å². The predicted octanol–water partition coefficient (Wildman–Crippen LogP) is 7.45. The molecule has 0 aromatic heterocycles. The Kier molecular flexibility index (Phi) is 12.6. The summed E-state index contributed by atoms with van der Waals surface area (Å²) >= 11 is 6.43. The van der Waals surface area contributed by atoms with E-state index in [2.05, 4.69) is 6.58 Å². The standard InChI is InChI=1S/C37H39ClO6/c1-2-33(38)44-37-36(42-26-31-21-13-6-14-22-31)35(41-25-30-19-11-5-12-20-30)34(40-24-29-17-9-4-10-18-29)32(43-37)27-39-23-28-15-7-3-8-16-28/h2-22,32-37H,1,23-27H2/t32-,33?,34-,35+,36-,37-/m1/s1. The van der Waals surface area contributed by atoms with E-state index >= 15 is 0 Å². The van der Waals surface area contributed by atoms with E-state index in [1.165, 1.54) is 6.08 Å². The second-order valence-corrected chi connectivity index (χ2v) is 11.0. The van der Waals surface area contributed by atoms with E-state index in [-0.39, 0.29) is 6.61 Å². The first kappa shape index (κ1) is 32.1. The molecule has 0 amide bonds. The van der Waals surface area contributed by atoms with Crippen molar-refractivity contribution in [1.29, 1.82) is 0 Å². The van der Waals surface area contributed by atoms with E-state index in [1.807, 2.05) is 121 Å². The van der Waals surface area contributed by atoms with Gasteiger partial charge in [0.25, 0.3) is 0 Å². The van der Waals surface area contributed by atoms with Gasteiger partial charge in [-0.05, 0) is 28.3 Å². The molecule has 44 heavy (non-hydrogen) atoms. The van der Waals surface area contributed by atoms with Gasteiger partial charge in [-0.1, -0.05) is 140 Å². The van der Waals surface area contributed by atoms with Gasteiger partial charge in [-0.15, -0.1) is 0 Å². The minimum Gasteiger partial charge on any atom is -0.374 e. The third-order valence-corrected chi connectivity index (χ3v) is 7.57. The molecule has 1 unspecified atom stereocenters. The maximum Gasteiger partial charge on any atom is 0.189 e. The highest BCUT2D eigenvalue weighted by atomic mass is 35.5. The zero-order valence-electron chi connectivity index (χ0n) is 24.7. The summed E-state index contributed by atoms with van der Waals surface area (Å²) in [4.78, 5) is 0. The number of hydrogen-bond donors (Lipinski definition) is 0. The van der Waals surface area contributed by atoms with Crippen LogP contribution in [0.5, 0.6) is 0 Å². The zero-order valence-corrected chi connectivity index (χ0v) is 25.4. The lowest BCUT2D eigenvalue weighted by molar-refractivity contribution is -0.329. The van der Waals surface area contributed by atoms with Crippen LogP contribution < -0.4 is 0 Å². The first-order chi connectivity index (χ1) is 21.7. The van der Waals surface area contributed by atoms with Crippen molar-refractivity contribution in [3.05, 3.63) is 156 Å². The summed E-state index contributed by atoms with van der Waals surface area (Å²) < 4.78 is 38.7. The second-order valence-electron chi connectivity index (χ2n) is 10.6. The molecular formula is C37H39ClO6. The second kappa shape index (κ2) is 17.2. The molecule has 1 fully saturated rings. The van der Waals surface area contributed by atoms with Crippen molar-refractivity contribution in [3.63, 3.8) is 0 Å². The monoisotopic (exact) mass is 614 g/mol. The van der Waals surface area contributed by atoms with Crippen molar-refractivity contribution < 1.29 is 28.4 Å². The molecule has 4 aromatic rings.